The summed E-state index contributed by atoms with van der Waals surface area (Å²) in [5.74, 6) is -0.0714. The lowest BCUT2D eigenvalue weighted by Gasteiger charge is -2.37. The van der Waals surface area contributed by atoms with Crippen LogP contribution in [0.25, 0.3) is 0 Å². The number of halogens is 1. The number of nitrogens with one attached hydrogen (secondary N) is 2. The monoisotopic (exact) mass is 542 g/mol. The van der Waals surface area contributed by atoms with Crippen molar-refractivity contribution in [2.45, 2.75) is 31.6 Å². The molecular weight excluding hydrogens is 511 g/mol. The summed E-state index contributed by atoms with van der Waals surface area (Å²) in [6.07, 6.45) is 0.781. The van der Waals surface area contributed by atoms with Crippen molar-refractivity contribution in [2.75, 3.05) is 26.6 Å². The minimum absolute atomic E-state index is 0.0992. The highest BCUT2D eigenvalue weighted by Crippen LogP contribution is 2.46. The number of para-hydroxylation sites is 2. The van der Waals surface area contributed by atoms with Crippen LogP contribution in [0.5, 0.6) is 17.2 Å². The molecule has 0 aromatic heterocycles. The van der Waals surface area contributed by atoms with Gasteiger partial charge >= 0.3 is 0 Å². The Morgan fingerprint density at radius 2 is 1.62 bits per heavy atom. The number of methoxy groups -OCH3 is 3. The number of benzene rings is 3. The average molecular weight is 543 g/mol. The molecule has 8 heteroatoms. The Morgan fingerprint density at radius 3 is 2.35 bits per heavy atom. The molecule has 0 saturated carbocycles. The molecule has 1 heterocycles. The summed E-state index contributed by atoms with van der Waals surface area (Å²) in [7, 11) is 4.68. The van der Waals surface area contributed by atoms with E-state index >= 15 is 0 Å². The van der Waals surface area contributed by atoms with Crippen molar-refractivity contribution in [3.63, 3.8) is 0 Å². The largest absolute Gasteiger partial charge is 0.495 e. The predicted octanol–water partition coefficient (Wildman–Crippen LogP) is 5.85. The van der Waals surface area contributed by atoms with E-state index in [1.54, 1.807) is 51.5 Å². The molecule has 0 spiro atoms. The van der Waals surface area contributed by atoms with Gasteiger partial charge in [0.1, 0.15) is 11.6 Å². The van der Waals surface area contributed by atoms with Crippen LogP contribution in [-0.4, -0.2) is 33.0 Å². The first-order chi connectivity index (χ1) is 19.3. The molecule has 3 aromatic carbocycles. The number of carbonyl (C=O) groups excluding carboxylic acids is 2. The fourth-order valence-electron chi connectivity index (χ4n) is 5.64. The fraction of sp³-hybridized carbons (Fsp3) is 0.250. The van der Waals surface area contributed by atoms with Gasteiger partial charge in [-0.1, -0.05) is 30.3 Å². The molecule has 2 aliphatic rings. The van der Waals surface area contributed by atoms with Crippen molar-refractivity contribution < 1.29 is 28.2 Å². The molecule has 1 amide bonds. The van der Waals surface area contributed by atoms with Crippen LogP contribution >= 0.6 is 0 Å². The van der Waals surface area contributed by atoms with Gasteiger partial charge in [0, 0.05) is 34.9 Å². The number of rotatable bonds is 7. The molecule has 206 valence electrons. The van der Waals surface area contributed by atoms with Crippen molar-refractivity contribution in [3.05, 3.63) is 106 Å². The third kappa shape index (κ3) is 5.04. The van der Waals surface area contributed by atoms with Crippen LogP contribution in [0, 0.1) is 5.82 Å². The zero-order valence-corrected chi connectivity index (χ0v) is 22.8. The van der Waals surface area contributed by atoms with Gasteiger partial charge in [-0.15, -0.1) is 0 Å². The van der Waals surface area contributed by atoms with E-state index in [2.05, 4.69) is 10.6 Å². The number of anilines is 1. The van der Waals surface area contributed by atoms with Crippen molar-refractivity contribution in [3.8, 4) is 17.2 Å². The predicted molar refractivity (Wildman–Crippen MR) is 150 cm³/mol. The Bertz CT molecular complexity index is 1540. The molecular formula is C32H31FN2O5. The SMILES string of the molecule is COc1ccccc1NC(=O)C1=C(C)NC2=C(C(=O)C[C@@H](c3ccc(OC)c(OC)c3)C2)[C@@H]1c1cccc(F)c1. The van der Waals surface area contributed by atoms with Gasteiger partial charge < -0.3 is 24.8 Å². The minimum Gasteiger partial charge on any atom is -0.495 e. The molecule has 2 N–H and O–H groups in total. The third-order valence-corrected chi connectivity index (χ3v) is 7.49. The van der Waals surface area contributed by atoms with E-state index in [1.807, 2.05) is 24.3 Å². The number of hydrogen-bond acceptors (Lipinski definition) is 6. The molecule has 0 fully saturated rings. The first-order valence-electron chi connectivity index (χ1n) is 13.0. The number of hydrogen-bond donors (Lipinski definition) is 2. The molecule has 2 atom stereocenters. The number of allylic oxidation sites excluding steroid dienone is 3. The van der Waals surface area contributed by atoms with Gasteiger partial charge in [-0.3, -0.25) is 9.59 Å². The van der Waals surface area contributed by atoms with Gasteiger partial charge in [0.2, 0.25) is 0 Å². The second-order valence-electron chi connectivity index (χ2n) is 9.84. The maximum Gasteiger partial charge on any atom is 0.254 e. The Balaban J connectivity index is 1.55. The number of ether oxygens (including phenoxy) is 3. The van der Waals surface area contributed by atoms with Crippen LogP contribution < -0.4 is 24.8 Å². The fourth-order valence-corrected chi connectivity index (χ4v) is 5.64. The summed E-state index contributed by atoms with van der Waals surface area (Å²) in [6, 6.07) is 18.8. The second-order valence-corrected chi connectivity index (χ2v) is 9.84. The molecule has 5 rings (SSSR count). The van der Waals surface area contributed by atoms with E-state index in [-0.39, 0.29) is 18.1 Å². The molecule has 3 aromatic rings. The lowest BCUT2D eigenvalue weighted by molar-refractivity contribution is -0.116. The highest BCUT2D eigenvalue weighted by molar-refractivity contribution is 6.10. The van der Waals surface area contributed by atoms with Crippen molar-refractivity contribution >= 4 is 17.4 Å². The molecule has 0 radical (unpaired) electrons. The van der Waals surface area contributed by atoms with E-state index in [4.69, 9.17) is 14.2 Å². The highest BCUT2D eigenvalue weighted by Gasteiger charge is 2.41. The van der Waals surface area contributed by atoms with Gasteiger partial charge in [0.15, 0.2) is 17.3 Å². The van der Waals surface area contributed by atoms with Crippen LogP contribution in [-0.2, 0) is 9.59 Å². The number of ketones is 1. The summed E-state index contributed by atoms with van der Waals surface area (Å²) in [5, 5.41) is 6.29. The Hall–Kier alpha value is -4.59. The van der Waals surface area contributed by atoms with Gasteiger partial charge in [0.25, 0.3) is 5.91 Å². The maximum atomic E-state index is 14.5. The molecule has 1 aliphatic heterocycles. The molecule has 1 aliphatic carbocycles. The summed E-state index contributed by atoms with van der Waals surface area (Å²) in [6.45, 7) is 1.80. The van der Waals surface area contributed by atoms with Gasteiger partial charge in [0.05, 0.1) is 27.0 Å². The standard InChI is InChI=1S/C32H31FN2O5/c1-18-29(32(37)35-23-10-5-6-11-26(23)38-2)30(20-8-7-9-22(33)14-20)31-24(34-18)15-21(16-25(31)36)19-12-13-27(39-3)28(17-19)40-4/h5-14,17,21,30,34H,15-16H2,1-4H3,(H,35,37)/t21-,30+/m0/s1. The molecule has 0 bridgehead atoms. The molecule has 0 unspecified atom stereocenters. The first-order valence-corrected chi connectivity index (χ1v) is 13.0. The van der Waals surface area contributed by atoms with Crippen LogP contribution in [0.4, 0.5) is 10.1 Å². The zero-order chi connectivity index (χ0) is 28.4. The Morgan fingerprint density at radius 1 is 0.875 bits per heavy atom. The van der Waals surface area contributed by atoms with E-state index in [0.717, 1.165) is 11.3 Å². The zero-order valence-electron chi connectivity index (χ0n) is 22.8. The van der Waals surface area contributed by atoms with E-state index in [1.165, 1.54) is 19.2 Å². The maximum absolute atomic E-state index is 14.5. The van der Waals surface area contributed by atoms with Crippen molar-refractivity contribution in [2.24, 2.45) is 0 Å². The van der Waals surface area contributed by atoms with E-state index < -0.39 is 17.6 Å². The van der Waals surface area contributed by atoms with Crippen LogP contribution in [0.2, 0.25) is 0 Å². The summed E-state index contributed by atoms with van der Waals surface area (Å²) < 4.78 is 30.7. The van der Waals surface area contributed by atoms with E-state index in [0.29, 0.717) is 51.8 Å². The van der Waals surface area contributed by atoms with Gasteiger partial charge in [-0.25, -0.2) is 4.39 Å². The lowest BCUT2D eigenvalue weighted by Crippen LogP contribution is -2.37. The summed E-state index contributed by atoms with van der Waals surface area (Å²) in [5.41, 5.74) is 4.15. The molecule has 40 heavy (non-hydrogen) atoms. The van der Waals surface area contributed by atoms with Gasteiger partial charge in [-0.2, -0.15) is 0 Å². The van der Waals surface area contributed by atoms with Crippen molar-refractivity contribution in [1.29, 1.82) is 0 Å². The number of dihydropyridines is 1. The molecule has 0 saturated heterocycles. The smallest absolute Gasteiger partial charge is 0.254 e. The number of Topliss-reactive ketones (excluding diaryl/α,β-unsaturated/α-hetero) is 1. The Kier molecular flexibility index (Phi) is 7.60. The van der Waals surface area contributed by atoms with Gasteiger partial charge in [-0.05, 0) is 66.8 Å². The normalized spacial score (nSPS) is 18.6. The third-order valence-electron chi connectivity index (χ3n) is 7.49. The van der Waals surface area contributed by atoms with Crippen LogP contribution in [0.3, 0.4) is 0 Å². The molecule has 7 nitrogen and oxygen atoms in total. The topological polar surface area (TPSA) is 85.9 Å². The van der Waals surface area contributed by atoms with E-state index in [9.17, 15) is 14.0 Å². The number of carbonyl (C=O) groups is 2. The summed E-state index contributed by atoms with van der Waals surface area (Å²) in [4.78, 5) is 27.7. The second kappa shape index (κ2) is 11.3. The Labute approximate surface area is 232 Å². The van der Waals surface area contributed by atoms with Crippen molar-refractivity contribution in [1.82, 2.24) is 5.32 Å². The number of amides is 1. The lowest BCUT2D eigenvalue weighted by atomic mass is 9.71. The summed E-state index contributed by atoms with van der Waals surface area (Å²) >= 11 is 0. The quantitative estimate of drug-likeness (QED) is 0.390. The highest BCUT2D eigenvalue weighted by atomic mass is 19.1. The minimum atomic E-state index is -0.736. The first kappa shape index (κ1) is 27.0. The van der Waals surface area contributed by atoms with Crippen LogP contribution in [0.15, 0.2) is 89.3 Å². The average Bonchev–Trinajstić information content (AvgIpc) is 2.96. The van der Waals surface area contributed by atoms with Crippen LogP contribution in [0.1, 0.15) is 42.7 Å².